The van der Waals surface area contributed by atoms with Gasteiger partial charge < -0.3 is 25.3 Å². The summed E-state index contributed by atoms with van der Waals surface area (Å²) in [6, 6.07) is 0. The fraction of sp³-hybridized carbons (Fsp3) is 0.429. The van der Waals surface area contributed by atoms with Crippen LogP contribution in [0.2, 0.25) is 0 Å². The molecule has 0 radical (unpaired) electrons. The van der Waals surface area contributed by atoms with Gasteiger partial charge in [0.25, 0.3) is 0 Å². The summed E-state index contributed by atoms with van der Waals surface area (Å²) in [5.41, 5.74) is 5.00. The lowest BCUT2D eigenvalue weighted by Gasteiger charge is -2.20. The first kappa shape index (κ1) is 15.2. The van der Waals surface area contributed by atoms with E-state index in [1.807, 2.05) is 0 Å². The Hall–Kier alpha value is -0.820. The summed E-state index contributed by atoms with van der Waals surface area (Å²) in [5, 5.41) is -2.34. The largest absolute Gasteiger partial charge is 0.383 e. The Kier molecular flexibility index (Phi) is 4.27. The molecule has 1 aromatic heterocycles. The normalized spacial score (nSPS) is 13.0. The summed E-state index contributed by atoms with van der Waals surface area (Å²) < 4.78 is 22.4. The van der Waals surface area contributed by atoms with Crippen molar-refractivity contribution in [1.82, 2.24) is 9.97 Å². The Morgan fingerprint density at radius 2 is 1.78 bits per heavy atom. The van der Waals surface area contributed by atoms with Crippen molar-refractivity contribution >= 4 is 21.0 Å². The van der Waals surface area contributed by atoms with Gasteiger partial charge in [-0.25, -0.2) is 9.97 Å². The van der Waals surface area contributed by atoms with E-state index in [-0.39, 0.29) is 5.82 Å². The Morgan fingerprint density at radius 1 is 1.28 bits per heavy atom. The highest BCUT2D eigenvalue weighted by Crippen LogP contribution is 2.70. The maximum absolute atomic E-state index is 11.2. The third kappa shape index (κ3) is 3.35. The van der Waals surface area contributed by atoms with Crippen molar-refractivity contribution in [2.45, 2.75) is 18.7 Å². The molecule has 1 aromatic rings. The van der Waals surface area contributed by atoms with E-state index in [9.17, 15) is 9.13 Å². The van der Waals surface area contributed by atoms with Crippen LogP contribution in [0.1, 0.15) is 23.7 Å². The van der Waals surface area contributed by atoms with Crippen LogP contribution < -0.4 is 5.73 Å². The molecule has 102 valence electrons. The number of anilines is 1. The Labute approximate surface area is 102 Å². The first-order valence-electron chi connectivity index (χ1n) is 4.79. The molecule has 0 spiro atoms. The highest BCUT2D eigenvalue weighted by molar-refractivity contribution is 7.70. The van der Waals surface area contributed by atoms with Crippen LogP contribution in [0.25, 0.3) is 0 Å². The number of hydrogen-bond acceptors (Lipinski definition) is 5. The van der Waals surface area contributed by atoms with Gasteiger partial charge in [-0.15, -0.1) is 0 Å². The van der Waals surface area contributed by atoms with Crippen molar-refractivity contribution in [3.05, 3.63) is 17.6 Å². The lowest BCUT2D eigenvalue weighted by atomic mass is 10.3. The van der Waals surface area contributed by atoms with Gasteiger partial charge in [-0.2, -0.15) is 0 Å². The number of aryl methyl sites for hydroxylation is 1. The predicted molar refractivity (Wildman–Crippen MR) is 62.7 cm³/mol. The van der Waals surface area contributed by atoms with Gasteiger partial charge >= 0.3 is 15.2 Å². The summed E-state index contributed by atoms with van der Waals surface area (Å²) in [6.45, 7) is 1.73. The van der Waals surface area contributed by atoms with E-state index in [0.29, 0.717) is 12.2 Å². The molecule has 9 nitrogen and oxygen atoms in total. The standard InChI is InChI=1S/C7H13N3O6P2/c1-2-5-9-3-4(6(8)10-5)7(17(11,12)13)18(14,15)16/h3,7H,2H2,1H3,(H2,8,9,10)(H2,11,12,13)(H2,14,15,16). The topological polar surface area (TPSA) is 167 Å². The van der Waals surface area contributed by atoms with Gasteiger partial charge in [0.05, 0.1) is 0 Å². The van der Waals surface area contributed by atoms with Gasteiger partial charge in [0.2, 0.25) is 0 Å². The molecule has 0 aliphatic rings. The summed E-state index contributed by atoms with van der Waals surface area (Å²) in [7, 11) is -10.2. The van der Waals surface area contributed by atoms with Crippen molar-refractivity contribution in [3.8, 4) is 0 Å². The second kappa shape index (κ2) is 5.05. The molecule has 0 unspecified atom stereocenters. The van der Waals surface area contributed by atoms with Crippen LogP contribution in [0.15, 0.2) is 6.20 Å². The predicted octanol–water partition coefficient (Wildman–Crippen LogP) is -0.0248. The minimum Gasteiger partial charge on any atom is -0.383 e. The number of nitrogen functional groups attached to an aromatic ring is 1. The average molecular weight is 297 g/mol. The molecule has 11 heteroatoms. The van der Waals surface area contributed by atoms with Crippen LogP contribution in [0.4, 0.5) is 5.82 Å². The van der Waals surface area contributed by atoms with Crippen LogP contribution in [0.3, 0.4) is 0 Å². The molecule has 0 bridgehead atoms. The van der Waals surface area contributed by atoms with Crippen molar-refractivity contribution in [1.29, 1.82) is 0 Å². The third-order valence-corrected chi connectivity index (χ3v) is 5.77. The fourth-order valence-electron chi connectivity index (χ4n) is 1.37. The zero-order valence-electron chi connectivity index (χ0n) is 9.33. The molecule has 18 heavy (non-hydrogen) atoms. The number of nitrogens with zero attached hydrogens (tertiary/aromatic N) is 2. The highest BCUT2D eigenvalue weighted by Gasteiger charge is 2.46. The number of nitrogens with two attached hydrogens (primary N) is 1. The van der Waals surface area contributed by atoms with Gasteiger partial charge in [-0.3, -0.25) is 9.13 Å². The van der Waals surface area contributed by atoms with Crippen LogP contribution in [0.5, 0.6) is 0 Å². The molecular formula is C7H13N3O6P2. The molecule has 0 aromatic carbocycles. The van der Waals surface area contributed by atoms with E-state index in [1.54, 1.807) is 6.92 Å². The SMILES string of the molecule is CCc1ncc(C(P(=O)(O)O)P(=O)(O)O)c(N)n1. The minimum atomic E-state index is -5.09. The molecule has 6 N–H and O–H groups in total. The van der Waals surface area contributed by atoms with Crippen LogP contribution >= 0.6 is 15.2 Å². The van der Waals surface area contributed by atoms with Crippen molar-refractivity contribution in [2.75, 3.05) is 5.73 Å². The molecule has 0 fully saturated rings. The fourth-order valence-corrected chi connectivity index (χ4v) is 4.06. The first-order chi connectivity index (χ1) is 8.07. The second-order valence-corrected chi connectivity index (χ2v) is 7.33. The Balaban J connectivity index is 3.41. The zero-order valence-corrected chi connectivity index (χ0v) is 11.1. The molecule has 0 saturated heterocycles. The number of rotatable bonds is 4. The van der Waals surface area contributed by atoms with Crippen molar-refractivity contribution in [2.24, 2.45) is 0 Å². The molecule has 1 rings (SSSR count). The molecule has 0 aliphatic heterocycles. The van der Waals surface area contributed by atoms with E-state index in [1.165, 1.54) is 0 Å². The highest BCUT2D eigenvalue weighted by atomic mass is 31.2. The van der Waals surface area contributed by atoms with E-state index in [2.05, 4.69) is 9.97 Å². The van der Waals surface area contributed by atoms with E-state index < -0.39 is 26.2 Å². The van der Waals surface area contributed by atoms with E-state index in [0.717, 1.165) is 6.20 Å². The van der Waals surface area contributed by atoms with Gasteiger partial charge in [-0.05, 0) is 0 Å². The van der Waals surface area contributed by atoms with Crippen LogP contribution in [-0.2, 0) is 15.6 Å². The quantitative estimate of drug-likeness (QED) is 0.479. The monoisotopic (exact) mass is 297 g/mol. The lowest BCUT2D eigenvalue weighted by molar-refractivity contribution is 0.340. The Morgan fingerprint density at radius 3 is 2.11 bits per heavy atom. The number of hydrogen-bond donors (Lipinski definition) is 5. The minimum absolute atomic E-state index is 0.312. The zero-order chi connectivity index (χ0) is 14.1. The lowest BCUT2D eigenvalue weighted by Crippen LogP contribution is -2.09. The van der Waals surface area contributed by atoms with Gasteiger partial charge in [0.1, 0.15) is 11.6 Å². The molecule has 0 saturated carbocycles. The van der Waals surface area contributed by atoms with Crippen molar-refractivity contribution in [3.63, 3.8) is 0 Å². The maximum atomic E-state index is 11.2. The average Bonchev–Trinajstić information content (AvgIpc) is 2.16. The molecule has 0 atom stereocenters. The summed E-state index contributed by atoms with van der Waals surface area (Å²) in [4.78, 5) is 43.5. The van der Waals surface area contributed by atoms with Gasteiger partial charge in [0.15, 0.2) is 5.40 Å². The third-order valence-electron chi connectivity index (χ3n) is 2.13. The van der Waals surface area contributed by atoms with Crippen molar-refractivity contribution < 1.29 is 28.7 Å². The summed E-state index contributed by atoms with van der Waals surface area (Å²) in [6.07, 6.45) is 1.37. The van der Waals surface area contributed by atoms with E-state index in [4.69, 9.17) is 25.3 Å². The van der Waals surface area contributed by atoms with Gasteiger partial charge in [0, 0.05) is 18.2 Å². The van der Waals surface area contributed by atoms with E-state index >= 15 is 0 Å². The molecule has 0 aliphatic carbocycles. The number of aromatic nitrogens is 2. The maximum Gasteiger partial charge on any atom is 0.345 e. The second-order valence-electron chi connectivity index (χ2n) is 3.53. The van der Waals surface area contributed by atoms with Crippen LogP contribution in [-0.4, -0.2) is 29.5 Å². The van der Waals surface area contributed by atoms with Crippen LogP contribution in [0, 0.1) is 0 Å². The Bertz CT molecular complexity index is 516. The summed E-state index contributed by atoms with van der Waals surface area (Å²) in [5.74, 6) is -0.0371. The summed E-state index contributed by atoms with van der Waals surface area (Å²) >= 11 is 0. The molecule has 0 amide bonds. The molecule has 1 heterocycles. The first-order valence-corrected chi connectivity index (χ1v) is 8.15. The van der Waals surface area contributed by atoms with Gasteiger partial charge in [-0.1, -0.05) is 6.92 Å². The molecular weight excluding hydrogens is 284 g/mol. The smallest absolute Gasteiger partial charge is 0.345 e.